The lowest BCUT2D eigenvalue weighted by Crippen LogP contribution is -2.55. The van der Waals surface area contributed by atoms with Crippen molar-refractivity contribution in [2.45, 2.75) is 50.6 Å². The first-order valence-electron chi connectivity index (χ1n) is 12.2. The van der Waals surface area contributed by atoms with Crippen molar-refractivity contribution in [3.63, 3.8) is 0 Å². The smallest absolute Gasteiger partial charge is 0.270 e. The predicted molar refractivity (Wildman–Crippen MR) is 130 cm³/mol. The minimum absolute atomic E-state index is 0.154. The molecule has 2 aromatic carbocycles. The molecule has 2 N–H and O–H groups in total. The van der Waals surface area contributed by atoms with Gasteiger partial charge in [0.15, 0.2) is 0 Å². The maximum Gasteiger partial charge on any atom is 0.270 e. The Morgan fingerprint density at radius 3 is 2.31 bits per heavy atom. The van der Waals surface area contributed by atoms with Gasteiger partial charge in [-0.15, -0.1) is 0 Å². The Kier molecular flexibility index (Phi) is 7.92. The summed E-state index contributed by atoms with van der Waals surface area (Å²) in [6, 6.07) is 10.4. The summed E-state index contributed by atoms with van der Waals surface area (Å²) in [5.41, 5.74) is 0.425. The van der Waals surface area contributed by atoms with Crippen LogP contribution in [0, 0.1) is 21.8 Å². The van der Waals surface area contributed by atoms with Crippen LogP contribution in [-0.4, -0.2) is 52.7 Å². The number of hydrogen-bond acceptors (Lipinski definition) is 5. The van der Waals surface area contributed by atoms with Gasteiger partial charge in [0.1, 0.15) is 5.82 Å². The van der Waals surface area contributed by atoms with Crippen molar-refractivity contribution in [1.82, 2.24) is 15.5 Å². The molecule has 1 aliphatic carbocycles. The number of halogens is 1. The molecule has 0 unspecified atom stereocenters. The van der Waals surface area contributed by atoms with Crippen LogP contribution in [0.3, 0.4) is 0 Å². The third-order valence-corrected chi connectivity index (χ3v) is 6.90. The van der Waals surface area contributed by atoms with Crippen LogP contribution in [0.25, 0.3) is 0 Å². The molecule has 4 rings (SSSR count). The van der Waals surface area contributed by atoms with E-state index in [1.54, 1.807) is 4.90 Å². The van der Waals surface area contributed by atoms with E-state index in [1.165, 1.54) is 48.5 Å². The molecule has 10 heteroatoms. The Morgan fingerprint density at radius 2 is 1.61 bits per heavy atom. The van der Waals surface area contributed by atoms with Gasteiger partial charge in [0, 0.05) is 48.4 Å². The van der Waals surface area contributed by atoms with Crippen LogP contribution in [0.5, 0.6) is 0 Å². The van der Waals surface area contributed by atoms with Crippen molar-refractivity contribution in [2.75, 3.05) is 13.1 Å². The van der Waals surface area contributed by atoms with Crippen molar-refractivity contribution >= 4 is 23.4 Å². The summed E-state index contributed by atoms with van der Waals surface area (Å²) in [4.78, 5) is 50.9. The van der Waals surface area contributed by atoms with Crippen LogP contribution in [0.15, 0.2) is 48.5 Å². The molecule has 3 atom stereocenters. The van der Waals surface area contributed by atoms with Crippen LogP contribution < -0.4 is 10.6 Å². The van der Waals surface area contributed by atoms with Gasteiger partial charge in [-0.25, -0.2) is 4.39 Å². The number of non-ortho nitro benzene ring substituents is 1. The first-order chi connectivity index (χ1) is 17.3. The Balaban J connectivity index is 1.37. The average molecular weight is 497 g/mol. The van der Waals surface area contributed by atoms with Crippen molar-refractivity contribution in [2.24, 2.45) is 5.92 Å². The Morgan fingerprint density at radius 1 is 0.917 bits per heavy atom. The summed E-state index contributed by atoms with van der Waals surface area (Å²) in [5.74, 6) is -1.64. The zero-order valence-corrected chi connectivity index (χ0v) is 19.8. The standard InChI is InChI=1S/C26H29FN4O5/c27-20-12-10-17(11-13-20)24(32)28-22-8-1-2-9-23(22)29-25(33)19-6-4-14-30(16-19)26(34)18-5-3-7-21(15-18)31(35)36/h3,5,7,10-13,15,19,22-23H,1-2,4,6,8-9,14,16H2,(H,28,32)(H,29,33)/t19-,22+,23+/m0/s1. The molecule has 1 aliphatic heterocycles. The highest BCUT2D eigenvalue weighted by molar-refractivity contribution is 5.95. The van der Waals surface area contributed by atoms with E-state index in [1.807, 2.05) is 0 Å². The largest absolute Gasteiger partial charge is 0.351 e. The number of nitro groups is 1. The molecule has 2 fully saturated rings. The molecule has 3 amide bonds. The molecule has 0 spiro atoms. The van der Waals surface area contributed by atoms with Gasteiger partial charge < -0.3 is 15.5 Å². The Labute approximate surface area is 208 Å². The summed E-state index contributed by atoms with van der Waals surface area (Å²) in [7, 11) is 0. The number of hydrogen-bond donors (Lipinski definition) is 2. The van der Waals surface area contributed by atoms with E-state index in [9.17, 15) is 28.9 Å². The number of piperidine rings is 1. The van der Waals surface area contributed by atoms with Crippen molar-refractivity contribution in [3.05, 3.63) is 75.6 Å². The molecular weight excluding hydrogens is 467 g/mol. The monoisotopic (exact) mass is 496 g/mol. The number of nitrogens with zero attached hydrogens (tertiary/aromatic N) is 2. The van der Waals surface area contributed by atoms with Crippen LogP contribution in [-0.2, 0) is 4.79 Å². The minimum Gasteiger partial charge on any atom is -0.351 e. The predicted octanol–water partition coefficient (Wildman–Crippen LogP) is 3.44. The van der Waals surface area contributed by atoms with Gasteiger partial charge in [-0.3, -0.25) is 24.5 Å². The fourth-order valence-corrected chi connectivity index (χ4v) is 4.94. The van der Waals surface area contributed by atoms with Gasteiger partial charge in [0.05, 0.1) is 10.8 Å². The van der Waals surface area contributed by atoms with E-state index in [-0.39, 0.29) is 47.6 Å². The van der Waals surface area contributed by atoms with Crippen LogP contribution >= 0.6 is 0 Å². The Hall–Kier alpha value is -3.82. The molecule has 1 saturated heterocycles. The van der Waals surface area contributed by atoms with Crippen molar-refractivity contribution < 1.29 is 23.7 Å². The Bertz CT molecular complexity index is 1140. The van der Waals surface area contributed by atoms with Crippen LogP contribution in [0.1, 0.15) is 59.2 Å². The lowest BCUT2D eigenvalue weighted by atomic mass is 9.88. The van der Waals surface area contributed by atoms with Crippen molar-refractivity contribution in [3.8, 4) is 0 Å². The number of nitrogens with one attached hydrogen (secondary N) is 2. The molecule has 1 saturated carbocycles. The van der Waals surface area contributed by atoms with Crippen LogP contribution in [0.2, 0.25) is 0 Å². The number of carbonyl (C=O) groups is 3. The fourth-order valence-electron chi connectivity index (χ4n) is 4.94. The lowest BCUT2D eigenvalue weighted by Gasteiger charge is -2.36. The second-order valence-electron chi connectivity index (χ2n) is 9.38. The zero-order chi connectivity index (χ0) is 25.7. The van der Waals surface area contributed by atoms with E-state index in [4.69, 9.17) is 0 Å². The minimum atomic E-state index is -0.543. The lowest BCUT2D eigenvalue weighted by molar-refractivity contribution is -0.384. The van der Waals surface area contributed by atoms with Gasteiger partial charge in [-0.1, -0.05) is 18.9 Å². The normalized spacial score (nSPS) is 21.9. The molecule has 0 bridgehead atoms. The van der Waals surface area contributed by atoms with Gasteiger partial charge in [0.25, 0.3) is 17.5 Å². The first kappa shape index (κ1) is 25.3. The number of likely N-dealkylation sites (tertiary alicyclic amines) is 1. The first-order valence-corrected chi connectivity index (χ1v) is 12.2. The molecule has 0 aromatic heterocycles. The van der Waals surface area contributed by atoms with E-state index in [2.05, 4.69) is 10.6 Å². The fraction of sp³-hybridized carbons (Fsp3) is 0.423. The summed E-state index contributed by atoms with van der Waals surface area (Å²) < 4.78 is 13.2. The zero-order valence-electron chi connectivity index (χ0n) is 19.8. The molecule has 36 heavy (non-hydrogen) atoms. The van der Waals surface area contributed by atoms with Crippen LogP contribution in [0.4, 0.5) is 10.1 Å². The SMILES string of the molecule is O=C(N[C@@H]1CCCC[C@H]1NC(=O)[C@H]1CCCN(C(=O)c2cccc([N+](=O)[O-])c2)C1)c1ccc(F)cc1. The molecule has 2 aromatic rings. The topological polar surface area (TPSA) is 122 Å². The third kappa shape index (κ3) is 6.05. The van der Waals surface area contributed by atoms with E-state index >= 15 is 0 Å². The number of rotatable bonds is 6. The second-order valence-corrected chi connectivity index (χ2v) is 9.38. The number of benzene rings is 2. The second kappa shape index (κ2) is 11.3. The molecule has 0 radical (unpaired) electrons. The van der Waals surface area contributed by atoms with E-state index < -0.39 is 16.7 Å². The highest BCUT2D eigenvalue weighted by Crippen LogP contribution is 2.23. The highest BCUT2D eigenvalue weighted by atomic mass is 19.1. The van der Waals surface area contributed by atoms with Gasteiger partial charge in [-0.05, 0) is 56.0 Å². The van der Waals surface area contributed by atoms with E-state index in [0.29, 0.717) is 24.9 Å². The van der Waals surface area contributed by atoms with Gasteiger partial charge in [-0.2, -0.15) is 0 Å². The molecular formula is C26H29FN4O5. The highest BCUT2D eigenvalue weighted by Gasteiger charge is 2.33. The third-order valence-electron chi connectivity index (χ3n) is 6.90. The summed E-state index contributed by atoms with van der Waals surface area (Å²) in [6.07, 6.45) is 4.58. The molecule has 9 nitrogen and oxygen atoms in total. The number of carbonyl (C=O) groups excluding carboxylic acids is 3. The molecule has 190 valence electrons. The summed E-state index contributed by atoms with van der Waals surface area (Å²) in [5, 5.41) is 17.1. The van der Waals surface area contributed by atoms with Gasteiger partial charge in [0.2, 0.25) is 5.91 Å². The number of amides is 3. The van der Waals surface area contributed by atoms with Crippen molar-refractivity contribution in [1.29, 1.82) is 0 Å². The average Bonchev–Trinajstić information content (AvgIpc) is 2.89. The summed E-state index contributed by atoms with van der Waals surface area (Å²) >= 11 is 0. The molecule has 1 heterocycles. The molecule has 2 aliphatic rings. The van der Waals surface area contributed by atoms with Gasteiger partial charge >= 0.3 is 0 Å². The maximum atomic E-state index is 13.2. The maximum absolute atomic E-state index is 13.2. The number of nitro benzene ring substituents is 1. The summed E-state index contributed by atoms with van der Waals surface area (Å²) in [6.45, 7) is 0.706. The quantitative estimate of drug-likeness (QED) is 0.469. The van der Waals surface area contributed by atoms with E-state index in [0.717, 1.165) is 25.7 Å².